The van der Waals surface area contributed by atoms with Gasteiger partial charge in [-0.1, -0.05) is 17.7 Å². The number of aliphatic hydroxyl groups is 1. The van der Waals surface area contributed by atoms with E-state index in [4.69, 9.17) is 0 Å². The maximum absolute atomic E-state index is 12.1. The van der Waals surface area contributed by atoms with Crippen LogP contribution in [0.4, 0.5) is 5.69 Å². The van der Waals surface area contributed by atoms with Crippen molar-refractivity contribution in [2.75, 3.05) is 18.1 Å². The van der Waals surface area contributed by atoms with E-state index < -0.39 is 0 Å². The summed E-state index contributed by atoms with van der Waals surface area (Å²) >= 11 is 0. The van der Waals surface area contributed by atoms with Gasteiger partial charge in [-0.3, -0.25) is 4.79 Å². The Labute approximate surface area is 114 Å². The summed E-state index contributed by atoms with van der Waals surface area (Å²) in [5.41, 5.74) is 3.48. The number of carbonyl (C=O) groups is 1. The number of benzene rings is 1. The van der Waals surface area contributed by atoms with E-state index in [1.165, 1.54) is 11.1 Å². The van der Waals surface area contributed by atoms with Gasteiger partial charge >= 0.3 is 0 Å². The van der Waals surface area contributed by atoms with Crippen molar-refractivity contribution < 1.29 is 9.90 Å². The van der Waals surface area contributed by atoms with Crippen molar-refractivity contribution in [1.82, 2.24) is 5.32 Å². The first-order valence-electron chi connectivity index (χ1n) is 6.78. The van der Waals surface area contributed by atoms with Gasteiger partial charge in [-0.05, 0) is 38.8 Å². The third-order valence-corrected chi connectivity index (χ3v) is 3.60. The quantitative estimate of drug-likeness (QED) is 0.865. The number of carbonyl (C=O) groups excluding carboxylic acids is 1. The first-order chi connectivity index (χ1) is 9.02. The molecule has 2 unspecified atom stereocenters. The molecule has 0 bridgehead atoms. The molecule has 1 aromatic rings. The molecule has 1 heterocycles. The molecule has 1 amide bonds. The lowest BCUT2D eigenvalue weighted by Crippen LogP contribution is -2.59. The second kappa shape index (κ2) is 5.61. The number of amides is 1. The molecule has 1 saturated heterocycles. The molecular weight excluding hydrogens is 240 g/mol. The molecule has 2 rings (SSSR count). The van der Waals surface area contributed by atoms with Crippen molar-refractivity contribution >= 4 is 11.6 Å². The van der Waals surface area contributed by atoms with E-state index in [9.17, 15) is 9.90 Å². The maximum atomic E-state index is 12.1. The first-order valence-corrected chi connectivity index (χ1v) is 6.78. The Hall–Kier alpha value is -1.55. The zero-order valence-corrected chi connectivity index (χ0v) is 11.8. The Morgan fingerprint density at radius 2 is 2.16 bits per heavy atom. The topological polar surface area (TPSA) is 52.6 Å². The summed E-state index contributed by atoms with van der Waals surface area (Å²) in [5, 5.41) is 12.1. The Balaban J connectivity index is 2.34. The normalized spacial score (nSPS) is 23.4. The van der Waals surface area contributed by atoms with E-state index in [0.29, 0.717) is 6.42 Å². The van der Waals surface area contributed by atoms with Crippen molar-refractivity contribution in [2.24, 2.45) is 0 Å². The second-order valence-corrected chi connectivity index (χ2v) is 5.38. The van der Waals surface area contributed by atoms with Gasteiger partial charge in [0.05, 0.1) is 0 Å². The van der Waals surface area contributed by atoms with Crippen molar-refractivity contribution in [1.29, 1.82) is 0 Å². The van der Waals surface area contributed by atoms with Crippen LogP contribution in [0, 0.1) is 13.8 Å². The Bertz CT molecular complexity index is 473. The number of hydrogen-bond donors (Lipinski definition) is 2. The van der Waals surface area contributed by atoms with E-state index in [2.05, 4.69) is 42.3 Å². The van der Waals surface area contributed by atoms with Gasteiger partial charge in [0, 0.05) is 24.9 Å². The number of nitrogens with one attached hydrogen (secondary N) is 1. The van der Waals surface area contributed by atoms with Gasteiger partial charge in [0.1, 0.15) is 6.04 Å². The van der Waals surface area contributed by atoms with Crippen LogP contribution in [0.15, 0.2) is 18.2 Å². The van der Waals surface area contributed by atoms with Crippen LogP contribution < -0.4 is 10.2 Å². The van der Waals surface area contributed by atoms with Crippen molar-refractivity contribution in [2.45, 2.75) is 39.3 Å². The summed E-state index contributed by atoms with van der Waals surface area (Å²) in [4.78, 5) is 14.2. The Morgan fingerprint density at radius 3 is 2.79 bits per heavy atom. The monoisotopic (exact) mass is 262 g/mol. The van der Waals surface area contributed by atoms with E-state index in [1.54, 1.807) is 0 Å². The molecule has 19 heavy (non-hydrogen) atoms. The van der Waals surface area contributed by atoms with E-state index in [0.717, 1.165) is 12.2 Å². The highest BCUT2D eigenvalue weighted by molar-refractivity contribution is 5.87. The number of hydrogen-bond acceptors (Lipinski definition) is 3. The number of piperazine rings is 1. The average molecular weight is 262 g/mol. The van der Waals surface area contributed by atoms with Gasteiger partial charge in [0.25, 0.3) is 0 Å². The van der Waals surface area contributed by atoms with Crippen LogP contribution in [-0.2, 0) is 4.79 Å². The van der Waals surface area contributed by atoms with Crippen molar-refractivity contribution in [3.8, 4) is 0 Å². The molecule has 1 aliphatic rings. The third-order valence-electron chi connectivity index (χ3n) is 3.60. The number of nitrogens with zero attached hydrogens (tertiary/aromatic N) is 1. The highest BCUT2D eigenvalue weighted by atomic mass is 16.3. The SMILES string of the molecule is Cc1ccc(N2CC(C)NC(=O)C2CCO)c(C)c1. The molecule has 0 aliphatic carbocycles. The zero-order chi connectivity index (χ0) is 14.0. The maximum Gasteiger partial charge on any atom is 0.243 e. The molecule has 0 aromatic heterocycles. The van der Waals surface area contributed by atoms with Gasteiger partial charge in [-0.25, -0.2) is 0 Å². The molecule has 0 saturated carbocycles. The van der Waals surface area contributed by atoms with Crippen LogP contribution in [0.1, 0.15) is 24.5 Å². The lowest BCUT2D eigenvalue weighted by atomic mass is 10.0. The fourth-order valence-corrected chi connectivity index (χ4v) is 2.75. The van der Waals surface area contributed by atoms with Gasteiger partial charge in [0.2, 0.25) is 5.91 Å². The van der Waals surface area contributed by atoms with Crippen molar-refractivity contribution in [3.63, 3.8) is 0 Å². The molecule has 1 aliphatic heterocycles. The fraction of sp³-hybridized carbons (Fsp3) is 0.533. The molecule has 0 spiro atoms. The number of aryl methyl sites for hydroxylation is 2. The lowest BCUT2D eigenvalue weighted by Gasteiger charge is -2.40. The zero-order valence-electron chi connectivity index (χ0n) is 11.8. The smallest absolute Gasteiger partial charge is 0.243 e. The molecule has 0 radical (unpaired) electrons. The summed E-state index contributed by atoms with van der Waals surface area (Å²) in [6.45, 7) is 6.93. The Kier molecular flexibility index (Phi) is 4.10. The minimum absolute atomic E-state index is 0.00720. The second-order valence-electron chi connectivity index (χ2n) is 5.38. The lowest BCUT2D eigenvalue weighted by molar-refractivity contribution is -0.124. The standard InChI is InChI=1S/C15H22N2O2/c1-10-4-5-13(11(2)8-10)17-9-12(3)16-15(19)14(17)6-7-18/h4-5,8,12,14,18H,6-7,9H2,1-3H3,(H,16,19). The summed E-state index contributed by atoms with van der Waals surface area (Å²) in [6, 6.07) is 6.11. The number of anilines is 1. The van der Waals surface area contributed by atoms with Crippen LogP contribution in [0.2, 0.25) is 0 Å². The van der Waals surface area contributed by atoms with Crippen LogP contribution in [-0.4, -0.2) is 36.2 Å². The van der Waals surface area contributed by atoms with Gasteiger partial charge in [-0.15, -0.1) is 0 Å². The highest BCUT2D eigenvalue weighted by Crippen LogP contribution is 2.26. The van der Waals surface area contributed by atoms with Crippen molar-refractivity contribution in [3.05, 3.63) is 29.3 Å². The minimum Gasteiger partial charge on any atom is -0.396 e. The molecule has 2 N–H and O–H groups in total. The molecule has 1 aromatic carbocycles. The molecule has 104 valence electrons. The molecular formula is C15H22N2O2. The van der Waals surface area contributed by atoms with Crippen LogP contribution in [0.25, 0.3) is 0 Å². The van der Waals surface area contributed by atoms with Crippen LogP contribution >= 0.6 is 0 Å². The molecule has 4 nitrogen and oxygen atoms in total. The predicted octanol–water partition coefficient (Wildman–Crippen LogP) is 1.38. The average Bonchev–Trinajstić information content (AvgIpc) is 2.32. The van der Waals surface area contributed by atoms with E-state index in [-0.39, 0.29) is 24.6 Å². The largest absolute Gasteiger partial charge is 0.396 e. The first kappa shape index (κ1) is 13.9. The van der Waals surface area contributed by atoms with E-state index in [1.807, 2.05) is 6.92 Å². The fourth-order valence-electron chi connectivity index (χ4n) is 2.75. The summed E-state index contributed by atoms with van der Waals surface area (Å²) < 4.78 is 0. The molecule has 4 heteroatoms. The molecule has 2 atom stereocenters. The van der Waals surface area contributed by atoms with Gasteiger partial charge in [0.15, 0.2) is 0 Å². The number of aliphatic hydroxyl groups excluding tert-OH is 1. The molecule has 1 fully saturated rings. The van der Waals surface area contributed by atoms with Crippen LogP contribution in [0.3, 0.4) is 0 Å². The predicted molar refractivity (Wildman–Crippen MR) is 76.4 cm³/mol. The number of rotatable bonds is 3. The summed E-state index contributed by atoms with van der Waals surface area (Å²) in [5.74, 6) is 0.00720. The van der Waals surface area contributed by atoms with Gasteiger partial charge < -0.3 is 15.3 Å². The van der Waals surface area contributed by atoms with Crippen LogP contribution in [0.5, 0.6) is 0 Å². The van der Waals surface area contributed by atoms with Gasteiger partial charge in [-0.2, -0.15) is 0 Å². The summed E-state index contributed by atoms with van der Waals surface area (Å²) in [7, 11) is 0. The summed E-state index contributed by atoms with van der Waals surface area (Å²) in [6.07, 6.45) is 0.464. The Morgan fingerprint density at radius 1 is 1.42 bits per heavy atom. The minimum atomic E-state index is -0.275. The highest BCUT2D eigenvalue weighted by Gasteiger charge is 2.32. The third kappa shape index (κ3) is 2.89. The van der Waals surface area contributed by atoms with E-state index >= 15 is 0 Å².